The third-order valence-electron chi connectivity index (χ3n) is 5.32. The number of carbonyl (C=O) groups is 1. The molecule has 1 saturated carbocycles. The topological polar surface area (TPSA) is 32.8 Å². The first-order chi connectivity index (χ1) is 11.7. The van der Waals surface area contributed by atoms with Crippen LogP contribution in [-0.4, -0.2) is 54.6 Å². The number of thiophene rings is 1. The maximum atomic E-state index is 12.8. The molecule has 0 spiro atoms. The number of nitrogens with zero attached hydrogens (tertiary/aromatic N) is 2. The van der Waals surface area contributed by atoms with Gasteiger partial charge in [0, 0.05) is 37.7 Å². The molecule has 1 amide bonds. The van der Waals surface area contributed by atoms with Crippen LogP contribution in [0.2, 0.25) is 0 Å². The highest BCUT2D eigenvalue weighted by molar-refractivity contribution is 7.09. The van der Waals surface area contributed by atoms with Crippen molar-refractivity contribution in [3.63, 3.8) is 0 Å². The predicted octanol–water partition coefficient (Wildman–Crippen LogP) is 3.52. The molecule has 1 unspecified atom stereocenters. The van der Waals surface area contributed by atoms with E-state index in [1.165, 1.54) is 37.0 Å². The average molecular weight is 351 g/mol. The van der Waals surface area contributed by atoms with E-state index in [2.05, 4.69) is 22.4 Å². The Balaban J connectivity index is 1.57. The van der Waals surface area contributed by atoms with Crippen molar-refractivity contribution in [1.82, 2.24) is 9.80 Å². The van der Waals surface area contributed by atoms with Gasteiger partial charge in [0.1, 0.15) is 0 Å². The molecule has 24 heavy (non-hydrogen) atoms. The third kappa shape index (κ3) is 5.04. The molecule has 1 aliphatic carbocycles. The van der Waals surface area contributed by atoms with Crippen LogP contribution in [0.1, 0.15) is 49.8 Å². The van der Waals surface area contributed by atoms with Gasteiger partial charge in [0.25, 0.3) is 0 Å². The number of likely N-dealkylation sites (N-methyl/N-ethyl adjacent to an activating group) is 1. The van der Waals surface area contributed by atoms with E-state index in [1.807, 2.05) is 11.9 Å². The van der Waals surface area contributed by atoms with Gasteiger partial charge >= 0.3 is 0 Å². The van der Waals surface area contributed by atoms with Crippen LogP contribution in [0.3, 0.4) is 0 Å². The Kier molecular flexibility index (Phi) is 6.69. The average Bonchev–Trinajstić information content (AvgIpc) is 3.29. The lowest BCUT2D eigenvalue weighted by atomic mass is 9.94. The van der Waals surface area contributed by atoms with Crippen LogP contribution >= 0.6 is 11.3 Å². The van der Waals surface area contributed by atoms with E-state index >= 15 is 0 Å². The lowest BCUT2D eigenvalue weighted by Crippen LogP contribution is -2.45. The Morgan fingerprint density at radius 1 is 1.25 bits per heavy atom. The highest BCUT2D eigenvalue weighted by atomic mass is 32.1. The minimum absolute atomic E-state index is 0.261. The maximum Gasteiger partial charge on any atom is 0.236 e. The summed E-state index contributed by atoms with van der Waals surface area (Å²) >= 11 is 1.77. The molecule has 4 nitrogen and oxygen atoms in total. The molecule has 0 bridgehead atoms. The zero-order valence-electron chi connectivity index (χ0n) is 14.8. The predicted molar refractivity (Wildman–Crippen MR) is 98.2 cm³/mol. The van der Waals surface area contributed by atoms with E-state index in [-0.39, 0.29) is 12.0 Å². The summed E-state index contributed by atoms with van der Waals surface area (Å²) in [6, 6.07) is 4.68. The molecular formula is C19H30N2O2S. The molecule has 5 heteroatoms. The van der Waals surface area contributed by atoms with Crippen molar-refractivity contribution in [2.45, 2.75) is 63.6 Å². The summed E-state index contributed by atoms with van der Waals surface area (Å²) in [4.78, 5) is 18.4. The summed E-state index contributed by atoms with van der Waals surface area (Å²) in [5, 5.41) is 2.11. The standard InChI is InChI=1S/C19H30N2O2S/c1-20(16-7-3-2-4-8-16)19(22)15-21(13-17-9-5-11-23-17)14-18-10-6-12-24-18/h6,10,12,16-17H,2-5,7-9,11,13-15H2,1H3. The van der Waals surface area contributed by atoms with E-state index in [0.29, 0.717) is 12.6 Å². The van der Waals surface area contributed by atoms with E-state index in [1.54, 1.807) is 11.3 Å². The molecule has 3 rings (SSSR count). The van der Waals surface area contributed by atoms with Crippen LogP contribution in [0, 0.1) is 0 Å². The van der Waals surface area contributed by atoms with Crippen LogP contribution in [0.5, 0.6) is 0 Å². The second-order valence-electron chi connectivity index (χ2n) is 7.18. The van der Waals surface area contributed by atoms with E-state index in [9.17, 15) is 4.79 Å². The number of carbonyl (C=O) groups excluding carboxylic acids is 1. The van der Waals surface area contributed by atoms with Gasteiger partial charge in [-0.2, -0.15) is 0 Å². The van der Waals surface area contributed by atoms with Crippen molar-refractivity contribution in [3.05, 3.63) is 22.4 Å². The molecular weight excluding hydrogens is 320 g/mol. The molecule has 1 aromatic rings. The molecule has 0 radical (unpaired) electrons. The SMILES string of the molecule is CN(C(=O)CN(Cc1cccs1)CC1CCCO1)C1CCCCC1. The Hall–Kier alpha value is -0.910. The Labute approximate surface area is 149 Å². The van der Waals surface area contributed by atoms with Crippen molar-refractivity contribution in [3.8, 4) is 0 Å². The van der Waals surface area contributed by atoms with Gasteiger partial charge in [-0.05, 0) is 37.1 Å². The van der Waals surface area contributed by atoms with Crippen molar-refractivity contribution in [2.24, 2.45) is 0 Å². The van der Waals surface area contributed by atoms with Crippen molar-refractivity contribution < 1.29 is 9.53 Å². The van der Waals surface area contributed by atoms with Crippen LogP contribution in [0.4, 0.5) is 0 Å². The lowest BCUT2D eigenvalue weighted by Gasteiger charge is -2.33. The largest absolute Gasteiger partial charge is 0.377 e. The minimum atomic E-state index is 0.261. The van der Waals surface area contributed by atoms with Gasteiger partial charge < -0.3 is 9.64 Å². The van der Waals surface area contributed by atoms with Crippen molar-refractivity contribution >= 4 is 17.2 Å². The van der Waals surface area contributed by atoms with Gasteiger partial charge in [-0.3, -0.25) is 9.69 Å². The molecule has 2 aliphatic rings. The summed E-state index contributed by atoms with van der Waals surface area (Å²) in [7, 11) is 1.99. The first-order valence-corrected chi connectivity index (χ1v) is 10.2. The number of hydrogen-bond acceptors (Lipinski definition) is 4. The Bertz CT molecular complexity index is 493. The molecule has 2 heterocycles. The molecule has 1 atom stereocenters. The molecule has 0 aromatic carbocycles. The summed E-state index contributed by atoms with van der Waals surface area (Å²) in [6.07, 6.45) is 8.73. The fourth-order valence-corrected chi connectivity index (χ4v) is 4.61. The minimum Gasteiger partial charge on any atom is -0.377 e. The fraction of sp³-hybridized carbons (Fsp3) is 0.737. The van der Waals surface area contributed by atoms with Crippen LogP contribution in [-0.2, 0) is 16.1 Å². The maximum absolute atomic E-state index is 12.8. The first kappa shape index (κ1) is 17.9. The van der Waals surface area contributed by atoms with E-state index in [4.69, 9.17) is 4.74 Å². The van der Waals surface area contributed by atoms with Crippen LogP contribution in [0.15, 0.2) is 17.5 Å². The number of rotatable bonds is 7. The number of hydrogen-bond donors (Lipinski definition) is 0. The Morgan fingerprint density at radius 2 is 2.08 bits per heavy atom. The molecule has 2 fully saturated rings. The normalized spacial score (nSPS) is 22.2. The molecule has 1 saturated heterocycles. The monoisotopic (exact) mass is 350 g/mol. The smallest absolute Gasteiger partial charge is 0.236 e. The second kappa shape index (κ2) is 8.97. The lowest BCUT2D eigenvalue weighted by molar-refractivity contribution is -0.134. The van der Waals surface area contributed by atoms with E-state index < -0.39 is 0 Å². The summed E-state index contributed by atoms with van der Waals surface area (Å²) < 4.78 is 5.80. The van der Waals surface area contributed by atoms with Gasteiger partial charge in [-0.1, -0.05) is 25.3 Å². The highest BCUT2D eigenvalue weighted by Gasteiger charge is 2.26. The first-order valence-electron chi connectivity index (χ1n) is 9.34. The summed E-state index contributed by atoms with van der Waals surface area (Å²) in [5.41, 5.74) is 0. The molecule has 1 aromatic heterocycles. The quantitative estimate of drug-likeness (QED) is 0.754. The highest BCUT2D eigenvalue weighted by Crippen LogP contribution is 2.22. The molecule has 1 aliphatic heterocycles. The van der Waals surface area contributed by atoms with Crippen molar-refractivity contribution in [1.29, 1.82) is 0 Å². The summed E-state index contributed by atoms with van der Waals surface area (Å²) in [6.45, 7) is 3.09. The third-order valence-corrected chi connectivity index (χ3v) is 6.18. The van der Waals surface area contributed by atoms with Gasteiger partial charge in [-0.15, -0.1) is 11.3 Å². The molecule has 0 N–H and O–H groups in total. The zero-order chi connectivity index (χ0) is 16.8. The molecule has 134 valence electrons. The zero-order valence-corrected chi connectivity index (χ0v) is 15.6. The van der Waals surface area contributed by atoms with Gasteiger partial charge in [0.15, 0.2) is 0 Å². The van der Waals surface area contributed by atoms with E-state index in [0.717, 1.165) is 32.5 Å². The van der Waals surface area contributed by atoms with Gasteiger partial charge in [0.2, 0.25) is 5.91 Å². The van der Waals surface area contributed by atoms with Gasteiger partial charge in [-0.25, -0.2) is 0 Å². The van der Waals surface area contributed by atoms with Gasteiger partial charge in [0.05, 0.1) is 12.6 Å². The summed E-state index contributed by atoms with van der Waals surface area (Å²) in [5.74, 6) is 0.261. The fourth-order valence-electron chi connectivity index (χ4n) is 3.86. The van der Waals surface area contributed by atoms with Crippen LogP contribution < -0.4 is 0 Å². The number of ether oxygens (including phenoxy) is 1. The van der Waals surface area contributed by atoms with Crippen LogP contribution in [0.25, 0.3) is 0 Å². The number of amides is 1. The van der Waals surface area contributed by atoms with Crippen molar-refractivity contribution in [2.75, 3.05) is 26.7 Å². The Morgan fingerprint density at radius 3 is 2.75 bits per heavy atom. The second-order valence-corrected chi connectivity index (χ2v) is 8.21.